The largest absolute Gasteiger partial charge is 0.503 e. The van der Waals surface area contributed by atoms with Crippen LogP contribution < -0.4 is 26.2 Å². The van der Waals surface area contributed by atoms with Crippen molar-refractivity contribution >= 4 is 34.3 Å². The summed E-state index contributed by atoms with van der Waals surface area (Å²) in [5.74, 6) is -3.26. The van der Waals surface area contributed by atoms with E-state index in [4.69, 9.17) is 16.3 Å². The highest BCUT2D eigenvalue weighted by Crippen LogP contribution is 2.43. The summed E-state index contributed by atoms with van der Waals surface area (Å²) in [6.07, 6.45) is 15.4. The third-order valence-corrected chi connectivity index (χ3v) is 12.2. The fraction of sp³-hybridized carbons (Fsp3) is 0.341. The van der Waals surface area contributed by atoms with Crippen molar-refractivity contribution in [2.45, 2.75) is 88.9 Å². The van der Waals surface area contributed by atoms with E-state index in [0.29, 0.717) is 18.7 Å². The molecule has 310 valence electrons. The number of aryl methyl sites for hydroxylation is 1. The molecule has 4 aromatic heterocycles. The maximum Gasteiger partial charge on any atom is 0.278 e. The second kappa shape index (κ2) is 16.7. The highest BCUT2D eigenvalue weighted by Gasteiger charge is 2.38. The van der Waals surface area contributed by atoms with Crippen LogP contribution in [0, 0.1) is 12.7 Å². The summed E-state index contributed by atoms with van der Waals surface area (Å²) in [5, 5.41) is 25.7. The number of rotatable bonds is 13. The number of ether oxygens (including phenoxy) is 1. The summed E-state index contributed by atoms with van der Waals surface area (Å²) in [4.78, 5) is 58.2. The second-order valence-electron chi connectivity index (χ2n) is 15.8. The topological polar surface area (TPSA) is 175 Å². The molecular formula is C44H44ClFN8O6. The van der Waals surface area contributed by atoms with Gasteiger partial charge in [-0.3, -0.25) is 33.5 Å². The van der Waals surface area contributed by atoms with Crippen LogP contribution in [0.4, 0.5) is 4.39 Å². The van der Waals surface area contributed by atoms with Gasteiger partial charge in [-0.05, 0) is 85.0 Å². The van der Waals surface area contributed by atoms with Crippen LogP contribution in [-0.4, -0.2) is 52.8 Å². The van der Waals surface area contributed by atoms with Crippen molar-refractivity contribution < 1.29 is 23.8 Å². The number of benzene rings is 2. The highest BCUT2D eigenvalue weighted by molar-refractivity contribution is 6.30. The quantitative estimate of drug-likeness (QED) is 0.116. The molecule has 3 N–H and O–H groups in total. The van der Waals surface area contributed by atoms with Crippen LogP contribution in [0.2, 0.25) is 5.02 Å². The van der Waals surface area contributed by atoms with Crippen molar-refractivity contribution in [3.8, 4) is 11.5 Å². The van der Waals surface area contributed by atoms with Gasteiger partial charge in [-0.25, -0.2) is 4.39 Å². The molecule has 8 rings (SSSR count). The van der Waals surface area contributed by atoms with E-state index in [1.165, 1.54) is 40.0 Å². The van der Waals surface area contributed by atoms with Gasteiger partial charge in [-0.2, -0.15) is 10.2 Å². The van der Waals surface area contributed by atoms with Gasteiger partial charge in [-0.15, -0.1) is 0 Å². The average molecular weight is 835 g/mol. The first-order valence-electron chi connectivity index (χ1n) is 20.0. The molecule has 2 aliphatic carbocycles. The number of aromatic hydroxyl groups is 1. The third-order valence-electron chi connectivity index (χ3n) is 11.9. The van der Waals surface area contributed by atoms with Crippen molar-refractivity contribution in [3.63, 3.8) is 0 Å². The van der Waals surface area contributed by atoms with Crippen molar-refractivity contribution in [2.75, 3.05) is 6.73 Å². The Bertz CT molecular complexity index is 2700. The van der Waals surface area contributed by atoms with Gasteiger partial charge in [0.2, 0.25) is 0 Å². The molecule has 6 aromatic rings. The number of pyridine rings is 1. The summed E-state index contributed by atoms with van der Waals surface area (Å²) >= 11 is 5.93. The monoisotopic (exact) mass is 834 g/mol. The summed E-state index contributed by atoms with van der Waals surface area (Å²) < 4.78 is 24.8. The summed E-state index contributed by atoms with van der Waals surface area (Å²) in [7, 11) is 0. The Morgan fingerprint density at radius 1 is 0.867 bits per heavy atom. The van der Waals surface area contributed by atoms with Crippen molar-refractivity contribution in [1.82, 2.24) is 39.7 Å². The number of nitrogens with zero attached hydrogens (tertiary/aromatic N) is 6. The number of amides is 2. The average Bonchev–Trinajstić information content (AvgIpc) is 4.03. The molecule has 0 radical (unpaired) electrons. The molecule has 2 saturated carbocycles. The van der Waals surface area contributed by atoms with E-state index < -0.39 is 57.9 Å². The molecule has 2 aliphatic rings. The van der Waals surface area contributed by atoms with Gasteiger partial charge in [0, 0.05) is 30.6 Å². The fourth-order valence-electron chi connectivity index (χ4n) is 8.96. The van der Waals surface area contributed by atoms with Crippen LogP contribution in [0.25, 0.3) is 10.9 Å². The molecule has 0 unspecified atom stereocenters. The number of carbonyl (C=O) groups excluding carboxylic acids is 2. The lowest BCUT2D eigenvalue weighted by molar-refractivity contribution is 0.0901. The van der Waals surface area contributed by atoms with Crippen LogP contribution >= 0.6 is 11.6 Å². The molecule has 0 saturated heterocycles. The lowest BCUT2D eigenvalue weighted by Crippen LogP contribution is -2.39. The number of para-hydroxylation sites is 1. The zero-order valence-electron chi connectivity index (χ0n) is 33.0. The normalized spacial score (nSPS) is 15.6. The molecule has 0 spiro atoms. The SMILES string of the molecule is Cc1cccc2ccn(C3(Cn4cc(O)c(=O)c(C(=O)NCOc5cn(CC6(c7ccncc7)CCCC6)nc(C(=O)NCc6ccc(F)c(Cl)c6)c5=O)n4)CCCC3)c12. The van der Waals surface area contributed by atoms with Crippen LogP contribution in [-0.2, 0) is 30.6 Å². The predicted octanol–water partition coefficient (Wildman–Crippen LogP) is 6.13. The highest BCUT2D eigenvalue weighted by atomic mass is 35.5. The van der Waals surface area contributed by atoms with E-state index in [9.17, 15) is 28.7 Å². The van der Waals surface area contributed by atoms with Gasteiger partial charge in [0.25, 0.3) is 22.7 Å². The Labute approximate surface area is 349 Å². The zero-order chi connectivity index (χ0) is 42.0. The first kappa shape index (κ1) is 40.4. The standard InChI is InChI=1S/C44H44ClFN8O6/c1-28-7-6-8-30-13-20-54(38(28)30)44(16-4-5-17-44)26-52-23-34(55)39(56)36(50-52)42(59)49-27-60-35-24-53(25-43(14-2-3-15-43)31-11-18-47-19-12-31)51-37(40(35)57)41(58)48-22-29-9-10-33(46)32(45)21-29/h6-13,18-21,23-24,55H,2-5,14-17,22,25-27H2,1H3,(H,48,58)(H,49,59). The van der Waals surface area contributed by atoms with Gasteiger partial charge in [0.15, 0.2) is 29.6 Å². The van der Waals surface area contributed by atoms with E-state index in [1.54, 1.807) is 12.4 Å². The molecular weight excluding hydrogens is 791 g/mol. The zero-order valence-corrected chi connectivity index (χ0v) is 33.8. The number of fused-ring (bicyclic) bond motifs is 1. The Morgan fingerprint density at radius 3 is 2.28 bits per heavy atom. The first-order chi connectivity index (χ1) is 28.9. The van der Waals surface area contributed by atoms with E-state index in [-0.39, 0.29) is 22.7 Å². The Kier molecular flexibility index (Phi) is 11.3. The van der Waals surface area contributed by atoms with Gasteiger partial charge in [0.05, 0.1) is 41.6 Å². The molecule has 0 aliphatic heterocycles. The number of hydrogen-bond acceptors (Lipinski definition) is 9. The van der Waals surface area contributed by atoms with Crippen molar-refractivity contribution in [1.29, 1.82) is 0 Å². The number of hydrogen-bond donors (Lipinski definition) is 3. The Balaban J connectivity index is 1.04. The molecule has 60 heavy (non-hydrogen) atoms. The van der Waals surface area contributed by atoms with Gasteiger partial charge in [-0.1, -0.05) is 61.5 Å². The van der Waals surface area contributed by atoms with Crippen LogP contribution in [0.15, 0.2) is 95.2 Å². The molecule has 2 aromatic carbocycles. The second-order valence-corrected chi connectivity index (χ2v) is 16.2. The number of aromatic nitrogens is 6. The Hall–Kier alpha value is -6.35. The minimum atomic E-state index is -0.961. The van der Waals surface area contributed by atoms with Crippen LogP contribution in [0.5, 0.6) is 11.5 Å². The third kappa shape index (κ3) is 8.01. The summed E-state index contributed by atoms with van der Waals surface area (Å²) in [6, 6.07) is 16.1. The predicted molar refractivity (Wildman–Crippen MR) is 222 cm³/mol. The maximum atomic E-state index is 13.8. The van der Waals surface area contributed by atoms with Gasteiger partial charge in [0.1, 0.15) is 5.82 Å². The minimum Gasteiger partial charge on any atom is -0.503 e. The van der Waals surface area contributed by atoms with Crippen molar-refractivity contribution in [2.24, 2.45) is 0 Å². The molecule has 0 atom stereocenters. The molecule has 16 heteroatoms. The number of carbonyl (C=O) groups is 2. The van der Waals surface area contributed by atoms with Gasteiger partial charge >= 0.3 is 0 Å². The lowest BCUT2D eigenvalue weighted by atomic mass is 9.79. The minimum absolute atomic E-state index is 0.0702. The van der Waals surface area contributed by atoms with Gasteiger partial charge < -0.3 is 25.0 Å². The van der Waals surface area contributed by atoms with E-state index in [0.717, 1.165) is 73.4 Å². The number of nitrogens with one attached hydrogen (secondary N) is 2. The molecule has 14 nitrogen and oxygen atoms in total. The van der Waals surface area contributed by atoms with E-state index in [2.05, 4.69) is 61.7 Å². The molecule has 4 heterocycles. The maximum absolute atomic E-state index is 13.8. The van der Waals surface area contributed by atoms with Crippen LogP contribution in [0.1, 0.15) is 89.0 Å². The lowest BCUT2D eigenvalue weighted by Gasteiger charge is -2.33. The first-order valence-corrected chi connectivity index (χ1v) is 20.4. The van der Waals surface area contributed by atoms with Crippen molar-refractivity contribution in [3.05, 3.63) is 145 Å². The molecule has 2 fully saturated rings. The summed E-state index contributed by atoms with van der Waals surface area (Å²) in [5.41, 5.74) is 0.186. The van der Waals surface area contributed by atoms with Crippen LogP contribution in [0.3, 0.4) is 0 Å². The number of halogens is 2. The fourth-order valence-corrected chi connectivity index (χ4v) is 9.17. The van der Waals surface area contributed by atoms with E-state index in [1.807, 2.05) is 18.2 Å². The molecule has 2 amide bonds. The molecule has 0 bridgehead atoms. The smallest absolute Gasteiger partial charge is 0.278 e. The Morgan fingerprint density at radius 2 is 1.55 bits per heavy atom. The summed E-state index contributed by atoms with van der Waals surface area (Å²) in [6.45, 7) is 2.01. The van der Waals surface area contributed by atoms with E-state index >= 15 is 0 Å².